The van der Waals surface area contributed by atoms with E-state index < -0.39 is 0 Å². The summed E-state index contributed by atoms with van der Waals surface area (Å²) in [5.41, 5.74) is 1.98. The topological polar surface area (TPSA) is 37.3 Å². The minimum Gasteiger partial charge on any atom is -0.454 e. The first-order valence-electron chi connectivity index (χ1n) is 9.90. The van der Waals surface area contributed by atoms with Crippen molar-refractivity contribution in [2.45, 2.75) is 18.9 Å². The highest BCUT2D eigenvalue weighted by Gasteiger charge is 2.29. The fourth-order valence-electron chi connectivity index (χ4n) is 4.26. The molecular weight excluding hydrogens is 338 g/mol. The maximum Gasteiger partial charge on any atom is 0.153 e. The molecule has 3 aliphatic rings. The third-order valence-corrected chi connectivity index (χ3v) is 5.76. The van der Waals surface area contributed by atoms with Crippen LogP contribution in [0.1, 0.15) is 18.4 Å². The Morgan fingerprint density at radius 3 is 2.33 bits per heavy atom. The first-order valence-corrected chi connectivity index (χ1v) is 9.90. The first kappa shape index (κ1) is 16.8. The molecule has 0 N–H and O–H groups in total. The molecule has 0 aromatic heterocycles. The van der Waals surface area contributed by atoms with Crippen LogP contribution in [0.25, 0.3) is 0 Å². The van der Waals surface area contributed by atoms with Gasteiger partial charge in [-0.05, 0) is 37.1 Å². The second kappa shape index (κ2) is 7.33. The van der Waals surface area contributed by atoms with Crippen LogP contribution >= 0.6 is 0 Å². The van der Waals surface area contributed by atoms with Gasteiger partial charge >= 0.3 is 0 Å². The SMILES string of the molecule is c1ccc2c(c1)N=C(N1CCN(C3CCOCC3)CC1)c1ccccc1O2. The molecule has 0 unspecified atom stereocenters. The Labute approximate surface area is 160 Å². The molecule has 3 aliphatic heterocycles. The van der Waals surface area contributed by atoms with Gasteiger partial charge in [0, 0.05) is 45.4 Å². The number of hydrogen-bond donors (Lipinski definition) is 0. The lowest BCUT2D eigenvalue weighted by atomic mass is 10.1. The number of para-hydroxylation sites is 3. The Kier molecular flexibility index (Phi) is 4.56. The van der Waals surface area contributed by atoms with E-state index in [1.54, 1.807) is 0 Å². The molecule has 2 aromatic rings. The highest BCUT2D eigenvalue weighted by atomic mass is 16.5. The normalized spacial score (nSPS) is 20.9. The quantitative estimate of drug-likeness (QED) is 0.775. The number of amidine groups is 1. The van der Waals surface area contributed by atoms with Crippen molar-refractivity contribution in [3.05, 3.63) is 54.1 Å². The van der Waals surface area contributed by atoms with Gasteiger partial charge in [0.25, 0.3) is 0 Å². The van der Waals surface area contributed by atoms with Crippen LogP contribution in [-0.2, 0) is 4.74 Å². The number of hydrogen-bond acceptors (Lipinski definition) is 5. The molecule has 0 bridgehead atoms. The van der Waals surface area contributed by atoms with Gasteiger partial charge in [0.1, 0.15) is 17.3 Å². The second-order valence-electron chi connectivity index (χ2n) is 7.37. The molecule has 140 valence electrons. The lowest BCUT2D eigenvalue weighted by Crippen LogP contribution is -2.53. The number of nitrogens with zero attached hydrogens (tertiary/aromatic N) is 3. The molecule has 5 heteroatoms. The fourth-order valence-corrected chi connectivity index (χ4v) is 4.26. The minimum absolute atomic E-state index is 0.674. The molecule has 2 fully saturated rings. The molecule has 0 radical (unpaired) electrons. The third kappa shape index (κ3) is 3.33. The van der Waals surface area contributed by atoms with E-state index in [1.165, 1.54) is 0 Å². The smallest absolute Gasteiger partial charge is 0.153 e. The van der Waals surface area contributed by atoms with E-state index in [0.29, 0.717) is 6.04 Å². The Bertz CT molecular complexity index is 837. The summed E-state index contributed by atoms with van der Waals surface area (Å²) in [6.07, 6.45) is 2.32. The summed E-state index contributed by atoms with van der Waals surface area (Å²) in [6, 6.07) is 16.9. The second-order valence-corrected chi connectivity index (χ2v) is 7.37. The minimum atomic E-state index is 0.674. The van der Waals surface area contributed by atoms with Crippen molar-refractivity contribution in [1.29, 1.82) is 0 Å². The van der Waals surface area contributed by atoms with Crippen LogP contribution in [0.4, 0.5) is 5.69 Å². The molecule has 0 atom stereocenters. The van der Waals surface area contributed by atoms with E-state index in [0.717, 1.165) is 80.8 Å². The zero-order valence-electron chi connectivity index (χ0n) is 15.5. The highest BCUT2D eigenvalue weighted by molar-refractivity contribution is 6.03. The molecule has 3 heterocycles. The number of aliphatic imine (C=N–C) groups is 1. The van der Waals surface area contributed by atoms with E-state index in [1.807, 2.05) is 36.4 Å². The van der Waals surface area contributed by atoms with Crippen molar-refractivity contribution in [3.63, 3.8) is 0 Å². The average molecular weight is 363 g/mol. The summed E-state index contributed by atoms with van der Waals surface area (Å²) in [5.74, 6) is 2.73. The fraction of sp³-hybridized carbons (Fsp3) is 0.409. The number of fused-ring (bicyclic) bond motifs is 2. The van der Waals surface area contributed by atoms with Gasteiger partial charge in [0.05, 0.1) is 5.56 Å². The van der Waals surface area contributed by atoms with E-state index >= 15 is 0 Å². The highest BCUT2D eigenvalue weighted by Crippen LogP contribution is 2.38. The molecule has 2 aromatic carbocycles. The lowest BCUT2D eigenvalue weighted by Gasteiger charge is -2.41. The standard InChI is InChI=1S/C22H25N3O2/c1-3-7-20-18(5-1)22(23-19-6-2-4-8-21(19)27-20)25-13-11-24(12-14-25)17-9-15-26-16-10-17/h1-8,17H,9-16H2. The molecule has 0 aliphatic carbocycles. The van der Waals surface area contributed by atoms with E-state index in [4.69, 9.17) is 14.5 Å². The molecule has 2 saturated heterocycles. The predicted octanol–water partition coefficient (Wildman–Crippen LogP) is 3.67. The van der Waals surface area contributed by atoms with Crippen molar-refractivity contribution < 1.29 is 9.47 Å². The molecule has 5 nitrogen and oxygen atoms in total. The van der Waals surface area contributed by atoms with Crippen LogP contribution in [0.3, 0.4) is 0 Å². The van der Waals surface area contributed by atoms with E-state index in [-0.39, 0.29) is 0 Å². The maximum absolute atomic E-state index is 6.17. The summed E-state index contributed by atoms with van der Waals surface area (Å²) in [5, 5.41) is 0. The predicted molar refractivity (Wildman–Crippen MR) is 106 cm³/mol. The van der Waals surface area contributed by atoms with Gasteiger partial charge in [-0.3, -0.25) is 4.90 Å². The summed E-state index contributed by atoms with van der Waals surface area (Å²) in [6.45, 7) is 5.94. The van der Waals surface area contributed by atoms with Crippen LogP contribution in [-0.4, -0.2) is 61.1 Å². The van der Waals surface area contributed by atoms with Gasteiger partial charge in [-0.2, -0.15) is 0 Å². The number of piperazine rings is 1. The van der Waals surface area contributed by atoms with Gasteiger partial charge in [0.2, 0.25) is 0 Å². The Morgan fingerprint density at radius 1 is 0.815 bits per heavy atom. The number of ether oxygens (including phenoxy) is 2. The van der Waals surface area contributed by atoms with Gasteiger partial charge in [0.15, 0.2) is 5.75 Å². The lowest BCUT2D eigenvalue weighted by molar-refractivity contribution is 0.0218. The number of benzene rings is 2. The van der Waals surface area contributed by atoms with Gasteiger partial charge < -0.3 is 14.4 Å². The summed E-state index contributed by atoms with van der Waals surface area (Å²) >= 11 is 0. The van der Waals surface area contributed by atoms with Crippen LogP contribution in [0.5, 0.6) is 11.5 Å². The van der Waals surface area contributed by atoms with Gasteiger partial charge in [-0.25, -0.2) is 4.99 Å². The Hall–Kier alpha value is -2.37. The van der Waals surface area contributed by atoms with Crippen molar-refractivity contribution in [2.24, 2.45) is 4.99 Å². The molecule has 5 rings (SSSR count). The van der Waals surface area contributed by atoms with Crippen LogP contribution in [0.2, 0.25) is 0 Å². The molecule has 0 saturated carbocycles. The maximum atomic E-state index is 6.17. The van der Waals surface area contributed by atoms with E-state index in [9.17, 15) is 0 Å². The molecular formula is C22H25N3O2. The first-order chi connectivity index (χ1) is 13.4. The number of rotatable bonds is 1. The van der Waals surface area contributed by atoms with Crippen molar-refractivity contribution >= 4 is 11.5 Å². The summed E-state index contributed by atoms with van der Waals surface area (Å²) < 4.78 is 11.7. The molecule has 27 heavy (non-hydrogen) atoms. The third-order valence-electron chi connectivity index (χ3n) is 5.76. The summed E-state index contributed by atoms with van der Waals surface area (Å²) in [4.78, 5) is 10.1. The van der Waals surface area contributed by atoms with Crippen molar-refractivity contribution in [1.82, 2.24) is 9.80 Å². The largest absolute Gasteiger partial charge is 0.454 e. The average Bonchev–Trinajstić information content (AvgIpc) is 2.91. The Morgan fingerprint density at radius 2 is 1.52 bits per heavy atom. The molecule has 0 amide bonds. The van der Waals surface area contributed by atoms with Crippen molar-refractivity contribution in [2.75, 3.05) is 39.4 Å². The van der Waals surface area contributed by atoms with Gasteiger partial charge in [-0.15, -0.1) is 0 Å². The van der Waals surface area contributed by atoms with E-state index in [2.05, 4.69) is 21.9 Å². The Balaban J connectivity index is 1.41. The van der Waals surface area contributed by atoms with Crippen LogP contribution < -0.4 is 4.74 Å². The van der Waals surface area contributed by atoms with Crippen LogP contribution in [0.15, 0.2) is 53.5 Å². The molecule has 0 spiro atoms. The zero-order valence-corrected chi connectivity index (χ0v) is 15.5. The van der Waals surface area contributed by atoms with Gasteiger partial charge in [-0.1, -0.05) is 24.3 Å². The zero-order chi connectivity index (χ0) is 18.1. The van der Waals surface area contributed by atoms with Crippen molar-refractivity contribution in [3.8, 4) is 11.5 Å². The van der Waals surface area contributed by atoms with Crippen LogP contribution in [0, 0.1) is 0 Å². The summed E-state index contributed by atoms with van der Waals surface area (Å²) in [7, 11) is 0. The monoisotopic (exact) mass is 363 g/mol.